The molecule has 0 radical (unpaired) electrons. The number of amides is 5. The fraction of sp³-hybridized carbons (Fsp3) is 0.339. The largest absolute Gasteiger partial charge is 0.417 e. The summed E-state index contributed by atoms with van der Waals surface area (Å²) in [6.07, 6.45) is -0.384. The first-order valence-corrected chi connectivity index (χ1v) is 29.3. The third-order valence-electron chi connectivity index (χ3n) is 14.8. The number of piperazine rings is 1. The van der Waals surface area contributed by atoms with Crippen LogP contribution >= 0.6 is 23.2 Å². The highest BCUT2D eigenvalue weighted by atomic mass is 35.5. The van der Waals surface area contributed by atoms with Gasteiger partial charge in [0.25, 0.3) is 17.7 Å². The Labute approximate surface area is 527 Å². The van der Waals surface area contributed by atoms with Crippen molar-refractivity contribution >= 4 is 64.1 Å². The number of nitrogens with two attached hydrogens (primary N) is 1. The van der Waals surface area contributed by atoms with Crippen molar-refractivity contribution in [2.24, 2.45) is 5.73 Å². The van der Waals surface area contributed by atoms with E-state index in [0.717, 1.165) is 18.2 Å². The van der Waals surface area contributed by atoms with Gasteiger partial charge in [-0.3, -0.25) is 38.3 Å². The van der Waals surface area contributed by atoms with Gasteiger partial charge in [0.05, 0.1) is 110 Å². The van der Waals surface area contributed by atoms with E-state index in [0.29, 0.717) is 42.2 Å². The zero-order valence-electron chi connectivity index (χ0n) is 49.4. The summed E-state index contributed by atoms with van der Waals surface area (Å²) in [5, 5.41) is 14.9. The predicted molar refractivity (Wildman–Crippen MR) is 327 cm³/mol. The Balaban J connectivity index is 0.723. The molecule has 4 heterocycles. The molecular formula is C62H65Cl2F6N11O10. The number of carbonyl (C=O) groups is 5. The molecule has 1 aliphatic rings. The minimum atomic E-state index is -5.02. The number of hydrogen-bond donors (Lipinski definition) is 7. The minimum Gasteiger partial charge on any atom is -0.377 e. The molecule has 1 fully saturated rings. The molecule has 1 saturated heterocycles. The summed E-state index contributed by atoms with van der Waals surface area (Å²) in [7, 11) is 1.97. The lowest BCUT2D eigenvalue weighted by Gasteiger charge is -2.44. The molecule has 0 bridgehead atoms. The van der Waals surface area contributed by atoms with Crippen LogP contribution in [0.15, 0.2) is 108 Å². The SMILES string of the molecule is C[C@@H]1CN(c2ccc(-c3cc(C(=O)NCCOCCOCCOCCOCCNC(=O)Cn4cc(-c5[nH]cc(C(=O)N[C@@H](CC(N)=O)c6ccc(F)c(Cl)c6)c5-c5ccc(Cl)cc5F)cn4)ccc3F)cc2NC(=O)c2c[nH]c(=O)cc2C(F)(F)F)C[C@H](C)N1C. The van der Waals surface area contributed by atoms with Gasteiger partial charge in [0, 0.05) is 95.8 Å². The summed E-state index contributed by atoms with van der Waals surface area (Å²) in [6, 6.07) is 15.4. The van der Waals surface area contributed by atoms with Crippen LogP contribution in [0.4, 0.5) is 37.7 Å². The van der Waals surface area contributed by atoms with Gasteiger partial charge in [-0.05, 0) is 92.7 Å². The minimum absolute atomic E-state index is 0.00300. The quantitative estimate of drug-likeness (QED) is 0.0172. The van der Waals surface area contributed by atoms with Crippen LogP contribution in [0.5, 0.6) is 0 Å². The Kier molecular flexibility index (Phi) is 23.6. The maximum Gasteiger partial charge on any atom is 0.417 e. The topological polar surface area (TPSA) is 269 Å². The third kappa shape index (κ3) is 18.3. The van der Waals surface area contributed by atoms with E-state index in [1.54, 1.807) is 12.1 Å². The van der Waals surface area contributed by atoms with Crippen molar-refractivity contribution in [2.45, 2.75) is 51.1 Å². The standard InChI is InChI=1S/C62H65Cl2F6N11O10/c1-35-31-80(32-36(2)79(35)3)53-11-6-37(24-52(53)78-60(86)44-29-74-55(83)26-46(44)62(68,69)70)43-22-39(5-9-48(43)65)59(85)73-13-15-89-17-19-91-21-20-90-18-16-88-14-12-72-56(84)34-81-33-40(28-76-81)58-57(42-8-7-41(63)25-50(42)67)45(30-75-58)61(87)77-51(27-54(71)82)38-4-10-49(66)47(64)23-38/h4-11,22-26,28-30,33,35-36,51,75H,12-21,27,31-32,34H2,1-3H3,(H2,71,82)(H,72,84)(H,73,85)(H,74,83)(H,77,87)(H,78,86)/t35-,36+,51-/m0/s1. The maximum absolute atomic E-state index is 15.6. The summed E-state index contributed by atoms with van der Waals surface area (Å²) < 4.78 is 111. The Hall–Kier alpha value is -8.57. The summed E-state index contributed by atoms with van der Waals surface area (Å²) in [4.78, 5) is 86.7. The van der Waals surface area contributed by atoms with E-state index in [2.05, 4.69) is 41.2 Å². The summed E-state index contributed by atoms with van der Waals surface area (Å²) in [5.41, 5.74) is 4.14. The second-order valence-electron chi connectivity index (χ2n) is 21.2. The number of primary amides is 1. The third-order valence-corrected chi connectivity index (χ3v) is 15.3. The number of nitrogens with zero attached hydrogens (tertiary/aromatic N) is 4. The number of aromatic amines is 2. The molecule has 0 aliphatic carbocycles. The molecular weight excluding hydrogens is 1240 g/mol. The second kappa shape index (κ2) is 31.4. The van der Waals surface area contributed by atoms with E-state index in [9.17, 15) is 46.3 Å². The molecule has 0 unspecified atom stereocenters. The van der Waals surface area contributed by atoms with E-state index in [1.807, 2.05) is 25.8 Å². The first-order chi connectivity index (χ1) is 43.4. The Bertz CT molecular complexity index is 3800. The molecule has 8 rings (SSSR count). The molecule has 1 aliphatic heterocycles. The maximum atomic E-state index is 15.6. The van der Waals surface area contributed by atoms with Gasteiger partial charge in [-0.15, -0.1) is 0 Å². The number of aromatic nitrogens is 4. The van der Waals surface area contributed by atoms with Crippen LogP contribution < -0.4 is 37.5 Å². The van der Waals surface area contributed by atoms with Crippen molar-refractivity contribution in [3.05, 3.63) is 169 Å². The summed E-state index contributed by atoms with van der Waals surface area (Å²) in [5.74, 6) is -5.73. The number of anilines is 2. The van der Waals surface area contributed by atoms with Gasteiger partial charge >= 0.3 is 6.18 Å². The van der Waals surface area contributed by atoms with E-state index < -0.39 is 75.9 Å². The van der Waals surface area contributed by atoms with Crippen LogP contribution in [0, 0.1) is 17.5 Å². The first-order valence-electron chi connectivity index (χ1n) is 28.6. The average molecular weight is 1310 g/mol. The summed E-state index contributed by atoms with van der Waals surface area (Å²) in [6.45, 7) is 6.82. The van der Waals surface area contributed by atoms with Crippen LogP contribution in [0.1, 0.15) is 68.5 Å². The lowest BCUT2D eigenvalue weighted by molar-refractivity contribution is -0.138. The number of rotatable bonds is 29. The molecule has 21 nitrogen and oxygen atoms in total. The molecule has 7 aromatic rings. The highest BCUT2D eigenvalue weighted by Crippen LogP contribution is 2.39. The number of nitrogens with one attached hydrogen (secondary N) is 6. The number of pyridine rings is 1. The van der Waals surface area contributed by atoms with Crippen molar-refractivity contribution in [1.82, 2.24) is 40.6 Å². The molecule has 91 heavy (non-hydrogen) atoms. The number of ether oxygens (including phenoxy) is 4. The zero-order chi connectivity index (χ0) is 65.5. The van der Waals surface area contributed by atoms with Crippen LogP contribution in [0.3, 0.4) is 0 Å². The van der Waals surface area contributed by atoms with Crippen LogP contribution in [0.25, 0.3) is 33.5 Å². The molecule has 8 N–H and O–H groups in total. The van der Waals surface area contributed by atoms with Crippen molar-refractivity contribution < 1.29 is 69.3 Å². The van der Waals surface area contributed by atoms with Gasteiger partial charge in [-0.25, -0.2) is 13.2 Å². The van der Waals surface area contributed by atoms with Crippen LogP contribution in [-0.4, -0.2) is 152 Å². The van der Waals surface area contributed by atoms with Gasteiger partial charge in [-0.1, -0.05) is 35.3 Å². The molecule has 0 spiro atoms. The van der Waals surface area contributed by atoms with Gasteiger partial charge < -0.3 is 60.8 Å². The molecule has 5 amide bonds. The van der Waals surface area contributed by atoms with Gasteiger partial charge in [0.1, 0.15) is 24.0 Å². The lowest BCUT2D eigenvalue weighted by Crippen LogP contribution is -2.55. The Morgan fingerprint density at radius 2 is 1.36 bits per heavy atom. The lowest BCUT2D eigenvalue weighted by atomic mass is 9.97. The highest BCUT2D eigenvalue weighted by molar-refractivity contribution is 6.31. The van der Waals surface area contributed by atoms with E-state index in [4.69, 9.17) is 47.9 Å². The van der Waals surface area contributed by atoms with Gasteiger partial charge in [0.15, 0.2) is 0 Å². The molecule has 0 saturated carbocycles. The van der Waals surface area contributed by atoms with E-state index >= 15 is 8.78 Å². The number of benzene rings is 4. The fourth-order valence-electron chi connectivity index (χ4n) is 10.0. The molecule has 29 heteroatoms. The number of likely N-dealkylation sites (N-methyl/N-ethyl adjacent to an activating group) is 1. The average Bonchev–Trinajstić information content (AvgIpc) is 1.77. The molecule has 3 atom stereocenters. The summed E-state index contributed by atoms with van der Waals surface area (Å²) >= 11 is 12.0. The van der Waals surface area contributed by atoms with E-state index in [-0.39, 0.29) is 146 Å². The highest BCUT2D eigenvalue weighted by Gasteiger charge is 2.37. The van der Waals surface area contributed by atoms with Crippen molar-refractivity contribution in [1.29, 1.82) is 0 Å². The predicted octanol–water partition coefficient (Wildman–Crippen LogP) is 8.38. The zero-order valence-corrected chi connectivity index (χ0v) is 50.9. The number of alkyl halides is 3. The number of carbonyl (C=O) groups excluding carboxylic acids is 5. The smallest absolute Gasteiger partial charge is 0.377 e. The first kappa shape index (κ1) is 68.3. The monoisotopic (exact) mass is 1310 g/mol. The molecule has 484 valence electrons. The number of H-pyrrole nitrogens is 2. The van der Waals surface area contributed by atoms with Crippen LogP contribution in [0.2, 0.25) is 10.0 Å². The van der Waals surface area contributed by atoms with Crippen LogP contribution in [-0.2, 0) is 41.3 Å². The second-order valence-corrected chi connectivity index (χ2v) is 22.0. The van der Waals surface area contributed by atoms with Crippen molar-refractivity contribution in [3.8, 4) is 33.5 Å². The van der Waals surface area contributed by atoms with Crippen molar-refractivity contribution in [2.75, 3.05) is 96.3 Å². The normalized spacial score (nSPS) is 14.7. The van der Waals surface area contributed by atoms with Gasteiger partial charge in [0.2, 0.25) is 17.4 Å². The molecule has 4 aromatic carbocycles. The number of hydrogen-bond acceptors (Lipinski definition) is 13. The Morgan fingerprint density at radius 3 is 2.01 bits per heavy atom. The van der Waals surface area contributed by atoms with Crippen molar-refractivity contribution in [3.63, 3.8) is 0 Å². The number of halogens is 8. The fourth-order valence-corrected chi connectivity index (χ4v) is 10.4. The van der Waals surface area contributed by atoms with E-state index in [1.165, 1.54) is 65.7 Å². The molecule has 3 aromatic heterocycles. The Morgan fingerprint density at radius 1 is 0.714 bits per heavy atom. The van der Waals surface area contributed by atoms with Gasteiger partial charge in [-0.2, -0.15) is 18.3 Å².